The summed E-state index contributed by atoms with van der Waals surface area (Å²) in [5.41, 5.74) is 2.10. The maximum atomic E-state index is 5.59. The smallest absolute Gasteiger partial charge is 0.123 e. The van der Waals surface area contributed by atoms with E-state index >= 15 is 0 Å². The molecule has 0 saturated heterocycles. The molecular weight excluding hydrogens is 260 g/mol. The minimum Gasteiger partial charge on any atom is -0.489 e. The number of ether oxygens (including phenoxy) is 1. The van der Waals surface area contributed by atoms with Crippen LogP contribution in [0.15, 0.2) is 34.8 Å². The van der Waals surface area contributed by atoms with E-state index in [9.17, 15) is 0 Å². The zero-order chi connectivity index (χ0) is 10.6. The molecule has 0 aliphatic rings. The van der Waals surface area contributed by atoms with Gasteiger partial charge in [0.25, 0.3) is 0 Å². The van der Waals surface area contributed by atoms with Crippen LogP contribution in [0.25, 0.3) is 0 Å². The highest BCUT2D eigenvalue weighted by atomic mass is 79.9. The second-order valence-electron chi connectivity index (χ2n) is 3.11. The molecule has 1 aromatic carbocycles. The van der Waals surface area contributed by atoms with Gasteiger partial charge in [-0.1, -0.05) is 28.6 Å². The molecule has 3 heteroatoms. The lowest BCUT2D eigenvalue weighted by Crippen LogP contribution is -2.02. The van der Waals surface area contributed by atoms with Crippen LogP contribution in [0.3, 0.4) is 0 Å². The molecule has 0 aliphatic carbocycles. The summed E-state index contributed by atoms with van der Waals surface area (Å²) < 4.78 is 6.61. The second kappa shape index (κ2) is 5.47. The van der Waals surface area contributed by atoms with Crippen molar-refractivity contribution in [3.05, 3.63) is 40.4 Å². The molecular formula is C11H13BrOS. The van der Waals surface area contributed by atoms with Gasteiger partial charge in [-0.15, -0.1) is 0 Å². The number of aryl methyl sites for hydroxylation is 1. The Kier molecular flexibility index (Phi) is 4.55. The highest BCUT2D eigenvalue weighted by Crippen LogP contribution is 2.23. The SMILES string of the molecule is C=C(CS)COc1cc(Br)ccc1C. The van der Waals surface area contributed by atoms with Gasteiger partial charge in [-0.2, -0.15) is 12.6 Å². The molecule has 14 heavy (non-hydrogen) atoms. The van der Waals surface area contributed by atoms with Gasteiger partial charge in [-0.05, 0) is 30.2 Å². The second-order valence-corrected chi connectivity index (χ2v) is 4.34. The number of thiol groups is 1. The number of hydrogen-bond donors (Lipinski definition) is 1. The molecule has 0 saturated carbocycles. The molecule has 1 rings (SSSR count). The van der Waals surface area contributed by atoms with Crippen LogP contribution in [0.2, 0.25) is 0 Å². The van der Waals surface area contributed by atoms with Crippen LogP contribution in [-0.2, 0) is 0 Å². The molecule has 0 amide bonds. The quantitative estimate of drug-likeness (QED) is 0.651. The third-order valence-electron chi connectivity index (χ3n) is 1.81. The van der Waals surface area contributed by atoms with Gasteiger partial charge in [0.15, 0.2) is 0 Å². The maximum Gasteiger partial charge on any atom is 0.123 e. The van der Waals surface area contributed by atoms with Gasteiger partial charge in [-0.25, -0.2) is 0 Å². The lowest BCUT2D eigenvalue weighted by Gasteiger charge is -2.09. The molecule has 0 spiro atoms. The average Bonchev–Trinajstić information content (AvgIpc) is 2.19. The van der Waals surface area contributed by atoms with E-state index in [1.165, 1.54) is 0 Å². The Morgan fingerprint density at radius 2 is 2.29 bits per heavy atom. The van der Waals surface area contributed by atoms with Gasteiger partial charge in [0.1, 0.15) is 12.4 Å². The Balaban J connectivity index is 2.66. The monoisotopic (exact) mass is 272 g/mol. The fraction of sp³-hybridized carbons (Fsp3) is 0.273. The summed E-state index contributed by atoms with van der Waals surface area (Å²) >= 11 is 7.52. The molecule has 1 aromatic rings. The first-order valence-corrected chi connectivity index (χ1v) is 5.72. The first-order valence-electron chi connectivity index (χ1n) is 4.30. The van der Waals surface area contributed by atoms with Gasteiger partial charge < -0.3 is 4.74 Å². The fourth-order valence-electron chi connectivity index (χ4n) is 0.955. The van der Waals surface area contributed by atoms with Crippen molar-refractivity contribution in [2.24, 2.45) is 0 Å². The van der Waals surface area contributed by atoms with Crippen molar-refractivity contribution in [1.29, 1.82) is 0 Å². The van der Waals surface area contributed by atoms with E-state index in [0.29, 0.717) is 12.4 Å². The molecule has 0 aliphatic heterocycles. The van der Waals surface area contributed by atoms with Gasteiger partial charge >= 0.3 is 0 Å². The topological polar surface area (TPSA) is 9.23 Å². The van der Waals surface area contributed by atoms with Crippen molar-refractivity contribution in [2.75, 3.05) is 12.4 Å². The molecule has 0 N–H and O–H groups in total. The Morgan fingerprint density at radius 3 is 2.93 bits per heavy atom. The molecule has 1 nitrogen and oxygen atoms in total. The standard InChI is InChI=1S/C11H13BrOS/c1-8(7-14)6-13-11-5-10(12)4-3-9(11)2/h3-5,14H,1,6-7H2,2H3. The summed E-state index contributed by atoms with van der Waals surface area (Å²) in [6, 6.07) is 5.97. The van der Waals surface area contributed by atoms with Crippen LogP contribution < -0.4 is 4.74 Å². The summed E-state index contributed by atoms with van der Waals surface area (Å²) in [6.07, 6.45) is 0. The van der Waals surface area contributed by atoms with E-state index in [0.717, 1.165) is 21.4 Å². The van der Waals surface area contributed by atoms with Crippen molar-refractivity contribution < 1.29 is 4.74 Å². The zero-order valence-electron chi connectivity index (χ0n) is 8.09. The zero-order valence-corrected chi connectivity index (χ0v) is 10.6. The van der Waals surface area contributed by atoms with Crippen LogP contribution in [0, 0.1) is 6.92 Å². The number of halogens is 1. The van der Waals surface area contributed by atoms with Gasteiger partial charge in [0, 0.05) is 10.2 Å². The summed E-state index contributed by atoms with van der Waals surface area (Å²) in [5.74, 6) is 1.55. The largest absolute Gasteiger partial charge is 0.489 e. The third-order valence-corrected chi connectivity index (χ3v) is 2.75. The van der Waals surface area contributed by atoms with Gasteiger partial charge in [0.05, 0.1) is 0 Å². The van der Waals surface area contributed by atoms with Gasteiger partial charge in [0.2, 0.25) is 0 Å². The van der Waals surface area contributed by atoms with Crippen molar-refractivity contribution in [1.82, 2.24) is 0 Å². The predicted octanol–water partition coefficient (Wildman–Crippen LogP) is 3.62. The Bertz CT molecular complexity index is 336. The molecule has 0 radical (unpaired) electrons. The van der Waals surface area contributed by atoms with Crippen LogP contribution >= 0.6 is 28.6 Å². The Morgan fingerprint density at radius 1 is 1.57 bits per heavy atom. The molecule has 76 valence electrons. The predicted molar refractivity (Wildman–Crippen MR) is 67.4 cm³/mol. The van der Waals surface area contributed by atoms with Crippen LogP contribution in [0.4, 0.5) is 0 Å². The maximum absolute atomic E-state index is 5.59. The molecule has 0 unspecified atom stereocenters. The van der Waals surface area contributed by atoms with Crippen LogP contribution in [0.1, 0.15) is 5.56 Å². The van der Waals surface area contributed by atoms with Gasteiger partial charge in [-0.3, -0.25) is 0 Å². The van der Waals surface area contributed by atoms with E-state index in [1.54, 1.807) is 0 Å². The summed E-state index contributed by atoms with van der Waals surface area (Å²) in [4.78, 5) is 0. The minimum absolute atomic E-state index is 0.529. The number of hydrogen-bond acceptors (Lipinski definition) is 2. The van der Waals surface area contributed by atoms with Crippen molar-refractivity contribution in [2.45, 2.75) is 6.92 Å². The van der Waals surface area contributed by atoms with Crippen molar-refractivity contribution in [3.8, 4) is 5.75 Å². The Hall–Kier alpha value is -0.410. The highest BCUT2D eigenvalue weighted by molar-refractivity contribution is 9.10. The molecule has 0 bridgehead atoms. The summed E-state index contributed by atoms with van der Waals surface area (Å²) in [5, 5.41) is 0. The van der Waals surface area contributed by atoms with Crippen LogP contribution in [0.5, 0.6) is 5.75 Å². The van der Waals surface area contributed by atoms with E-state index in [1.807, 2.05) is 25.1 Å². The normalized spacial score (nSPS) is 9.93. The lowest BCUT2D eigenvalue weighted by atomic mass is 10.2. The summed E-state index contributed by atoms with van der Waals surface area (Å²) in [7, 11) is 0. The van der Waals surface area contributed by atoms with E-state index < -0.39 is 0 Å². The van der Waals surface area contributed by atoms with Crippen LogP contribution in [-0.4, -0.2) is 12.4 Å². The number of benzene rings is 1. The molecule has 0 aromatic heterocycles. The first kappa shape index (κ1) is 11.7. The lowest BCUT2D eigenvalue weighted by molar-refractivity contribution is 0.350. The minimum atomic E-state index is 0.529. The molecule has 0 heterocycles. The van der Waals surface area contributed by atoms with E-state index in [-0.39, 0.29) is 0 Å². The summed E-state index contributed by atoms with van der Waals surface area (Å²) in [6.45, 7) is 6.37. The highest BCUT2D eigenvalue weighted by Gasteiger charge is 2.00. The van der Waals surface area contributed by atoms with E-state index in [4.69, 9.17) is 4.74 Å². The van der Waals surface area contributed by atoms with Crippen molar-refractivity contribution >= 4 is 28.6 Å². The third kappa shape index (κ3) is 3.39. The average molecular weight is 273 g/mol. The van der Waals surface area contributed by atoms with E-state index in [2.05, 4.69) is 35.1 Å². The van der Waals surface area contributed by atoms with Crippen molar-refractivity contribution in [3.63, 3.8) is 0 Å². The molecule has 0 fully saturated rings. The first-order chi connectivity index (χ1) is 6.63. The fourth-order valence-corrected chi connectivity index (χ4v) is 1.39. The number of rotatable bonds is 4. The Labute approximate surface area is 98.7 Å². The molecule has 0 atom stereocenters.